The van der Waals surface area contributed by atoms with Crippen molar-refractivity contribution in [3.63, 3.8) is 0 Å². The fourth-order valence-corrected chi connectivity index (χ4v) is 2.79. The Morgan fingerprint density at radius 1 is 1.23 bits per heavy atom. The zero-order valence-electron chi connectivity index (χ0n) is 14.2. The van der Waals surface area contributed by atoms with Crippen LogP contribution >= 0.6 is 0 Å². The molecule has 22 heavy (non-hydrogen) atoms. The number of aromatic nitrogens is 4. The van der Waals surface area contributed by atoms with E-state index in [0.717, 1.165) is 5.82 Å². The summed E-state index contributed by atoms with van der Waals surface area (Å²) in [4.78, 5) is 29.9. The van der Waals surface area contributed by atoms with Crippen molar-refractivity contribution < 1.29 is 0 Å². The molecule has 0 bridgehead atoms. The molecule has 0 aromatic carbocycles. The number of nitrogens with two attached hydrogens (primary N) is 1. The van der Waals surface area contributed by atoms with Gasteiger partial charge in [-0.05, 0) is 13.8 Å². The minimum Gasteiger partial charge on any atom is -0.329 e. The van der Waals surface area contributed by atoms with Crippen LogP contribution in [0.25, 0.3) is 11.2 Å². The molecule has 0 fully saturated rings. The predicted octanol–water partition coefficient (Wildman–Crippen LogP) is 0.734. The van der Waals surface area contributed by atoms with Crippen molar-refractivity contribution in [3.8, 4) is 0 Å². The third-order valence-electron chi connectivity index (χ3n) is 3.73. The highest BCUT2D eigenvalue weighted by Gasteiger charge is 2.26. The smallest absolute Gasteiger partial charge is 0.329 e. The summed E-state index contributed by atoms with van der Waals surface area (Å²) in [5.41, 5.74) is 5.55. The molecule has 122 valence electrons. The van der Waals surface area contributed by atoms with Crippen LogP contribution in [0.3, 0.4) is 0 Å². The molecule has 0 radical (unpaired) electrons. The fraction of sp³-hybridized carbons (Fsp3) is 0.667. The van der Waals surface area contributed by atoms with E-state index < -0.39 is 0 Å². The average Bonchev–Trinajstić information content (AvgIpc) is 2.72. The summed E-state index contributed by atoms with van der Waals surface area (Å²) in [6.45, 7) is 10.4. The quantitative estimate of drug-likeness (QED) is 0.905. The lowest BCUT2D eigenvalue weighted by molar-refractivity contribution is 0.522. The van der Waals surface area contributed by atoms with Crippen LogP contribution < -0.4 is 17.0 Å². The van der Waals surface area contributed by atoms with Crippen LogP contribution in [0, 0.1) is 0 Å². The summed E-state index contributed by atoms with van der Waals surface area (Å²) in [6, 6.07) is -0.0951. The number of rotatable bonds is 3. The summed E-state index contributed by atoms with van der Waals surface area (Å²) in [5.74, 6) is 0.777. The molecular weight excluding hydrogens is 282 g/mol. The van der Waals surface area contributed by atoms with Gasteiger partial charge in [0.25, 0.3) is 5.56 Å². The molecule has 2 aromatic rings. The van der Waals surface area contributed by atoms with E-state index in [1.165, 1.54) is 4.57 Å². The van der Waals surface area contributed by atoms with Gasteiger partial charge < -0.3 is 10.3 Å². The summed E-state index contributed by atoms with van der Waals surface area (Å²) < 4.78 is 4.57. The summed E-state index contributed by atoms with van der Waals surface area (Å²) in [5, 5.41) is 0. The molecule has 0 saturated carbocycles. The number of imidazole rings is 1. The van der Waals surface area contributed by atoms with E-state index in [9.17, 15) is 9.59 Å². The molecule has 0 aliphatic rings. The zero-order chi connectivity index (χ0) is 16.8. The molecule has 2 heterocycles. The van der Waals surface area contributed by atoms with E-state index >= 15 is 0 Å². The van der Waals surface area contributed by atoms with Crippen LogP contribution in [0.2, 0.25) is 0 Å². The molecular formula is C15H25N5O2. The minimum absolute atomic E-state index is 0.0951. The van der Waals surface area contributed by atoms with Crippen LogP contribution in [-0.2, 0) is 19.0 Å². The van der Waals surface area contributed by atoms with Crippen LogP contribution in [-0.4, -0.2) is 25.2 Å². The predicted molar refractivity (Wildman–Crippen MR) is 87.4 cm³/mol. The van der Waals surface area contributed by atoms with Gasteiger partial charge in [0.15, 0.2) is 11.2 Å². The minimum atomic E-state index is -0.350. The number of fused-ring (bicyclic) bond motifs is 1. The highest BCUT2D eigenvalue weighted by atomic mass is 16.2. The third kappa shape index (κ3) is 2.39. The van der Waals surface area contributed by atoms with E-state index in [0.29, 0.717) is 11.2 Å². The van der Waals surface area contributed by atoms with Gasteiger partial charge in [-0.3, -0.25) is 13.9 Å². The molecule has 0 spiro atoms. The second-order valence-electron chi connectivity index (χ2n) is 6.91. The van der Waals surface area contributed by atoms with Crippen molar-refractivity contribution in [1.82, 2.24) is 18.7 Å². The Hall–Kier alpha value is -1.89. The molecule has 7 heteroatoms. The summed E-state index contributed by atoms with van der Waals surface area (Å²) in [6.07, 6.45) is 0. The average molecular weight is 307 g/mol. The Labute approximate surface area is 129 Å². The van der Waals surface area contributed by atoms with Crippen LogP contribution in [0.4, 0.5) is 0 Å². The van der Waals surface area contributed by atoms with E-state index in [4.69, 9.17) is 5.73 Å². The second kappa shape index (κ2) is 5.39. The van der Waals surface area contributed by atoms with Gasteiger partial charge in [-0.2, -0.15) is 0 Å². The summed E-state index contributed by atoms with van der Waals surface area (Å²) >= 11 is 0. The van der Waals surface area contributed by atoms with Crippen LogP contribution in [0.1, 0.15) is 46.5 Å². The zero-order valence-corrected chi connectivity index (χ0v) is 14.2. The number of hydrogen-bond donors (Lipinski definition) is 1. The first-order valence-corrected chi connectivity index (χ1v) is 7.53. The summed E-state index contributed by atoms with van der Waals surface area (Å²) in [7, 11) is 1.82. The monoisotopic (exact) mass is 307 g/mol. The van der Waals surface area contributed by atoms with Gasteiger partial charge in [-0.25, -0.2) is 9.78 Å². The van der Waals surface area contributed by atoms with Crippen LogP contribution in [0.5, 0.6) is 0 Å². The first-order valence-electron chi connectivity index (χ1n) is 7.53. The SMILES string of the molecule is CC(C)n1c(=O)n(CCN)c(=O)c2c1nc(C(C)(C)C)n2C. The van der Waals surface area contributed by atoms with Gasteiger partial charge in [0.1, 0.15) is 5.82 Å². The maximum absolute atomic E-state index is 12.7. The third-order valence-corrected chi connectivity index (χ3v) is 3.73. The molecule has 0 amide bonds. The maximum atomic E-state index is 12.7. The van der Waals surface area contributed by atoms with Crippen molar-refractivity contribution in [2.45, 2.75) is 52.6 Å². The standard InChI is InChI=1S/C15H25N5O2/c1-9(2)20-11-10(12(21)19(8-7-16)14(20)22)18(6)13(17-11)15(3,4)5/h9H,7-8,16H2,1-6H3. The van der Waals surface area contributed by atoms with Crippen molar-refractivity contribution in [3.05, 3.63) is 26.7 Å². The van der Waals surface area contributed by atoms with Crippen molar-refractivity contribution in [2.75, 3.05) is 6.54 Å². The molecule has 2 rings (SSSR count). The molecule has 0 atom stereocenters. The van der Waals surface area contributed by atoms with E-state index in [1.807, 2.05) is 41.7 Å². The van der Waals surface area contributed by atoms with Gasteiger partial charge in [0.2, 0.25) is 0 Å². The first-order chi connectivity index (χ1) is 10.1. The topological polar surface area (TPSA) is 87.8 Å². The van der Waals surface area contributed by atoms with E-state index in [1.54, 1.807) is 9.13 Å². The van der Waals surface area contributed by atoms with E-state index in [-0.39, 0.29) is 35.8 Å². The Morgan fingerprint density at radius 3 is 2.27 bits per heavy atom. The highest BCUT2D eigenvalue weighted by molar-refractivity contribution is 5.71. The normalized spacial score (nSPS) is 12.5. The molecule has 0 aliphatic heterocycles. The molecule has 0 saturated heterocycles. The Bertz CT molecular complexity index is 818. The van der Waals surface area contributed by atoms with Crippen molar-refractivity contribution in [2.24, 2.45) is 12.8 Å². The van der Waals surface area contributed by atoms with Gasteiger partial charge in [0, 0.05) is 31.6 Å². The Kier molecular flexibility index (Phi) is 4.04. The lowest BCUT2D eigenvalue weighted by Crippen LogP contribution is -2.42. The largest absolute Gasteiger partial charge is 0.333 e. The maximum Gasteiger partial charge on any atom is 0.333 e. The number of nitrogens with zero attached hydrogens (tertiary/aromatic N) is 4. The highest BCUT2D eigenvalue weighted by Crippen LogP contribution is 2.24. The first kappa shape index (κ1) is 16.5. The van der Waals surface area contributed by atoms with Gasteiger partial charge in [-0.1, -0.05) is 20.8 Å². The van der Waals surface area contributed by atoms with Gasteiger partial charge >= 0.3 is 5.69 Å². The van der Waals surface area contributed by atoms with Crippen molar-refractivity contribution in [1.29, 1.82) is 0 Å². The van der Waals surface area contributed by atoms with Crippen molar-refractivity contribution >= 4 is 11.2 Å². The van der Waals surface area contributed by atoms with Gasteiger partial charge in [-0.15, -0.1) is 0 Å². The number of hydrogen-bond acceptors (Lipinski definition) is 4. The fourth-order valence-electron chi connectivity index (χ4n) is 2.79. The number of aryl methyl sites for hydroxylation is 1. The Balaban J connectivity index is 3.04. The molecule has 7 nitrogen and oxygen atoms in total. The second-order valence-corrected chi connectivity index (χ2v) is 6.91. The molecule has 2 aromatic heterocycles. The van der Waals surface area contributed by atoms with Gasteiger partial charge in [0.05, 0.1) is 0 Å². The van der Waals surface area contributed by atoms with E-state index in [2.05, 4.69) is 4.98 Å². The lowest BCUT2D eigenvalue weighted by Gasteiger charge is -2.17. The molecule has 2 N–H and O–H groups in total. The Morgan fingerprint density at radius 2 is 1.82 bits per heavy atom. The molecule has 0 aliphatic carbocycles. The lowest BCUT2D eigenvalue weighted by atomic mass is 9.96. The molecule has 0 unspecified atom stereocenters. The van der Waals surface area contributed by atoms with Crippen LogP contribution in [0.15, 0.2) is 9.59 Å².